The van der Waals surface area contributed by atoms with Gasteiger partial charge in [-0.15, -0.1) is 0 Å². The van der Waals surface area contributed by atoms with E-state index < -0.39 is 0 Å². The Bertz CT molecular complexity index is 687. The number of hydrogen-bond acceptors (Lipinski definition) is 2. The van der Waals surface area contributed by atoms with Gasteiger partial charge in [0, 0.05) is 11.1 Å². The number of rotatable bonds is 3. The Hall–Kier alpha value is -2.24. The number of methoxy groups -OCH3 is 1. The predicted octanol–water partition coefficient (Wildman–Crippen LogP) is 3.30. The van der Waals surface area contributed by atoms with Gasteiger partial charge in [-0.05, 0) is 49.7 Å². The second kappa shape index (κ2) is 5.63. The predicted molar refractivity (Wildman–Crippen MR) is 85.4 cm³/mol. The summed E-state index contributed by atoms with van der Waals surface area (Å²) in [5.74, 6) is 7.19. The second-order valence-corrected chi connectivity index (χ2v) is 5.36. The zero-order valence-electron chi connectivity index (χ0n) is 12.4. The molecule has 1 saturated carbocycles. The number of benzene rings is 2. The molecule has 2 aromatic rings. The van der Waals surface area contributed by atoms with Gasteiger partial charge in [0.25, 0.3) is 0 Å². The lowest BCUT2D eigenvalue weighted by atomic mass is 10.0. The summed E-state index contributed by atoms with van der Waals surface area (Å²) in [5.41, 5.74) is 3.51. The maximum atomic E-state index is 5.31. The Morgan fingerprint density at radius 2 is 1.71 bits per heavy atom. The van der Waals surface area contributed by atoms with Crippen LogP contribution in [0.2, 0.25) is 0 Å². The molecule has 0 amide bonds. The normalized spacial score (nSPS) is 15.0. The molecule has 0 unspecified atom stereocenters. The lowest BCUT2D eigenvalue weighted by Crippen LogP contribution is -2.24. The highest BCUT2D eigenvalue weighted by Gasteiger charge is 2.42. The van der Waals surface area contributed by atoms with Gasteiger partial charge in [0.2, 0.25) is 0 Å². The summed E-state index contributed by atoms with van der Waals surface area (Å²) in [6.07, 6.45) is 2.44. The first-order valence-corrected chi connectivity index (χ1v) is 7.22. The first-order valence-electron chi connectivity index (χ1n) is 7.22. The molecule has 0 saturated heterocycles. The topological polar surface area (TPSA) is 21.3 Å². The largest absolute Gasteiger partial charge is 0.495 e. The monoisotopic (exact) mass is 277 g/mol. The van der Waals surface area contributed by atoms with E-state index >= 15 is 0 Å². The van der Waals surface area contributed by atoms with Crippen LogP contribution >= 0.6 is 0 Å². The fraction of sp³-hybridized carbons (Fsp3) is 0.263. The van der Waals surface area contributed by atoms with Crippen molar-refractivity contribution in [1.29, 1.82) is 0 Å². The van der Waals surface area contributed by atoms with E-state index in [4.69, 9.17) is 4.74 Å². The number of nitrogens with one attached hydrogen (secondary N) is 1. The summed E-state index contributed by atoms with van der Waals surface area (Å²) < 4.78 is 5.31. The van der Waals surface area contributed by atoms with Gasteiger partial charge in [0.15, 0.2) is 0 Å². The summed E-state index contributed by atoms with van der Waals surface area (Å²) in [6.45, 7) is 0. The van der Waals surface area contributed by atoms with E-state index in [9.17, 15) is 0 Å². The van der Waals surface area contributed by atoms with Gasteiger partial charge < -0.3 is 10.1 Å². The van der Waals surface area contributed by atoms with E-state index in [1.54, 1.807) is 7.11 Å². The number of hydrogen-bond donors (Lipinski definition) is 1. The van der Waals surface area contributed by atoms with Gasteiger partial charge in [0.05, 0.1) is 12.7 Å². The molecule has 1 aliphatic rings. The minimum absolute atomic E-state index is 0.217. The van der Waals surface area contributed by atoms with Crippen molar-refractivity contribution in [2.45, 2.75) is 18.4 Å². The molecular formula is C19H19NO. The van der Waals surface area contributed by atoms with E-state index in [1.807, 2.05) is 31.3 Å². The van der Waals surface area contributed by atoms with E-state index in [-0.39, 0.29) is 5.54 Å². The molecule has 106 valence electrons. The molecule has 1 fully saturated rings. The van der Waals surface area contributed by atoms with Crippen molar-refractivity contribution >= 4 is 0 Å². The van der Waals surface area contributed by atoms with E-state index in [2.05, 4.69) is 41.4 Å². The van der Waals surface area contributed by atoms with Crippen LogP contribution in [0, 0.1) is 11.8 Å². The highest BCUT2D eigenvalue weighted by molar-refractivity contribution is 5.50. The lowest BCUT2D eigenvalue weighted by molar-refractivity contribution is 0.413. The Kier molecular flexibility index (Phi) is 3.68. The molecule has 0 radical (unpaired) electrons. The average Bonchev–Trinajstić information content (AvgIpc) is 3.35. The number of ether oxygens (including phenoxy) is 1. The number of para-hydroxylation sites is 1. The first-order chi connectivity index (χ1) is 10.3. The zero-order valence-corrected chi connectivity index (χ0v) is 12.4. The Morgan fingerprint density at radius 3 is 2.33 bits per heavy atom. The first kappa shape index (κ1) is 13.7. The highest BCUT2D eigenvalue weighted by Crippen LogP contribution is 2.44. The molecular weight excluding hydrogens is 258 g/mol. The summed E-state index contributed by atoms with van der Waals surface area (Å²) in [5, 5.41) is 3.41. The van der Waals surface area contributed by atoms with Crippen LogP contribution in [0.15, 0.2) is 48.5 Å². The van der Waals surface area contributed by atoms with Crippen LogP contribution in [0.5, 0.6) is 5.75 Å². The molecule has 0 heterocycles. The van der Waals surface area contributed by atoms with Crippen molar-refractivity contribution in [2.24, 2.45) is 0 Å². The molecule has 0 aliphatic heterocycles. The van der Waals surface area contributed by atoms with Gasteiger partial charge in [-0.3, -0.25) is 0 Å². The Labute approximate surface area is 126 Å². The van der Waals surface area contributed by atoms with Crippen molar-refractivity contribution < 1.29 is 4.74 Å². The fourth-order valence-corrected chi connectivity index (χ4v) is 2.57. The second-order valence-electron chi connectivity index (χ2n) is 5.36. The van der Waals surface area contributed by atoms with Crippen molar-refractivity contribution in [3.8, 4) is 17.6 Å². The van der Waals surface area contributed by atoms with Crippen LogP contribution in [0.4, 0.5) is 0 Å². The van der Waals surface area contributed by atoms with Crippen LogP contribution < -0.4 is 10.1 Å². The smallest absolute Gasteiger partial charge is 0.134 e. The van der Waals surface area contributed by atoms with Gasteiger partial charge in [-0.2, -0.15) is 0 Å². The van der Waals surface area contributed by atoms with E-state index in [1.165, 1.54) is 18.4 Å². The molecule has 0 spiro atoms. The van der Waals surface area contributed by atoms with Gasteiger partial charge in [-0.1, -0.05) is 36.1 Å². The summed E-state index contributed by atoms with van der Waals surface area (Å²) >= 11 is 0. The maximum absolute atomic E-state index is 5.31. The summed E-state index contributed by atoms with van der Waals surface area (Å²) in [6, 6.07) is 16.4. The molecule has 0 bridgehead atoms. The standard InChI is InChI=1S/C19H19NO/c1-20-19(13-14-19)17-11-8-15(9-12-17)7-10-16-5-3-4-6-18(16)21-2/h3-6,8-9,11-12,20H,13-14H2,1-2H3. The van der Waals surface area contributed by atoms with Crippen LogP contribution in [0.3, 0.4) is 0 Å². The van der Waals surface area contributed by atoms with Crippen LogP contribution in [0.1, 0.15) is 29.5 Å². The molecule has 2 nitrogen and oxygen atoms in total. The minimum Gasteiger partial charge on any atom is -0.495 e. The third-order valence-electron chi connectivity index (χ3n) is 4.11. The molecule has 1 N–H and O–H groups in total. The minimum atomic E-state index is 0.217. The Morgan fingerprint density at radius 1 is 1.00 bits per heavy atom. The Balaban J connectivity index is 1.82. The summed E-state index contributed by atoms with van der Waals surface area (Å²) in [7, 11) is 3.70. The highest BCUT2D eigenvalue weighted by atomic mass is 16.5. The third-order valence-corrected chi connectivity index (χ3v) is 4.11. The average molecular weight is 277 g/mol. The lowest BCUT2D eigenvalue weighted by Gasteiger charge is -2.14. The SMILES string of the molecule is CNC1(c2ccc(C#Cc3ccccc3OC)cc2)CC1. The molecule has 0 aromatic heterocycles. The fourth-order valence-electron chi connectivity index (χ4n) is 2.57. The van der Waals surface area contributed by atoms with Crippen molar-refractivity contribution in [2.75, 3.05) is 14.2 Å². The van der Waals surface area contributed by atoms with Gasteiger partial charge >= 0.3 is 0 Å². The molecule has 3 rings (SSSR count). The zero-order chi connectivity index (χ0) is 14.7. The van der Waals surface area contributed by atoms with Crippen molar-refractivity contribution in [3.63, 3.8) is 0 Å². The van der Waals surface area contributed by atoms with Crippen LogP contribution in [0.25, 0.3) is 0 Å². The quantitative estimate of drug-likeness (QED) is 0.869. The van der Waals surface area contributed by atoms with Gasteiger partial charge in [0.1, 0.15) is 5.75 Å². The van der Waals surface area contributed by atoms with E-state index in [0.29, 0.717) is 0 Å². The van der Waals surface area contributed by atoms with Gasteiger partial charge in [-0.25, -0.2) is 0 Å². The summed E-state index contributed by atoms with van der Waals surface area (Å²) in [4.78, 5) is 0. The van der Waals surface area contributed by atoms with Crippen molar-refractivity contribution in [1.82, 2.24) is 5.32 Å². The third kappa shape index (κ3) is 2.79. The molecule has 2 heteroatoms. The van der Waals surface area contributed by atoms with Crippen molar-refractivity contribution in [3.05, 3.63) is 65.2 Å². The molecule has 2 aromatic carbocycles. The maximum Gasteiger partial charge on any atom is 0.134 e. The molecule has 1 aliphatic carbocycles. The molecule has 0 atom stereocenters. The van der Waals surface area contributed by atoms with Crippen LogP contribution in [-0.4, -0.2) is 14.2 Å². The van der Waals surface area contributed by atoms with E-state index in [0.717, 1.165) is 16.9 Å². The van der Waals surface area contributed by atoms with Crippen LogP contribution in [-0.2, 0) is 5.54 Å². The molecule has 21 heavy (non-hydrogen) atoms.